The second-order valence-corrected chi connectivity index (χ2v) is 5.38. The summed E-state index contributed by atoms with van der Waals surface area (Å²) in [7, 11) is 0. The third kappa shape index (κ3) is 2.44. The van der Waals surface area contributed by atoms with E-state index in [0.29, 0.717) is 21.7 Å². The summed E-state index contributed by atoms with van der Waals surface area (Å²) in [5.41, 5.74) is 1.44. The van der Waals surface area contributed by atoms with E-state index in [4.69, 9.17) is 11.6 Å². The number of halogens is 1. The number of rotatable bonds is 2. The molecule has 0 bridgehead atoms. The standard InChI is InChI=1S/C15H11ClN2OS/c16-10-7-5-9(6-8-10)13(20)14-17-12-4-2-1-3-11(12)15(19)18-14/h1-8,13,20H,(H,17,18,19). The molecular formula is C15H11ClN2OS. The van der Waals surface area contributed by atoms with Gasteiger partial charge in [0.05, 0.1) is 16.2 Å². The summed E-state index contributed by atoms with van der Waals surface area (Å²) in [4.78, 5) is 19.3. The second kappa shape index (κ2) is 5.31. The SMILES string of the molecule is O=c1[nH]c(C(S)c2ccc(Cl)cc2)nc2ccccc12. The van der Waals surface area contributed by atoms with Crippen molar-refractivity contribution in [2.24, 2.45) is 0 Å². The van der Waals surface area contributed by atoms with E-state index >= 15 is 0 Å². The molecule has 1 heterocycles. The van der Waals surface area contributed by atoms with Gasteiger partial charge in [0.1, 0.15) is 5.82 Å². The van der Waals surface area contributed by atoms with Crippen LogP contribution in [-0.2, 0) is 0 Å². The Bertz CT molecular complexity index is 814. The first-order valence-electron chi connectivity index (χ1n) is 6.07. The van der Waals surface area contributed by atoms with Crippen LogP contribution in [0.5, 0.6) is 0 Å². The van der Waals surface area contributed by atoms with Crippen molar-refractivity contribution in [3.63, 3.8) is 0 Å². The van der Waals surface area contributed by atoms with E-state index in [1.165, 1.54) is 0 Å². The first kappa shape index (κ1) is 13.2. The largest absolute Gasteiger partial charge is 0.309 e. The topological polar surface area (TPSA) is 45.8 Å². The fourth-order valence-corrected chi connectivity index (χ4v) is 2.46. The van der Waals surface area contributed by atoms with E-state index in [9.17, 15) is 4.79 Å². The Labute approximate surface area is 126 Å². The number of H-pyrrole nitrogens is 1. The molecular weight excluding hydrogens is 292 g/mol. The van der Waals surface area contributed by atoms with Crippen molar-refractivity contribution in [2.75, 3.05) is 0 Å². The minimum absolute atomic E-state index is 0.154. The molecule has 3 nitrogen and oxygen atoms in total. The molecule has 1 aromatic heterocycles. The molecule has 0 aliphatic rings. The van der Waals surface area contributed by atoms with Crippen molar-refractivity contribution in [3.8, 4) is 0 Å². The summed E-state index contributed by atoms with van der Waals surface area (Å²) < 4.78 is 0. The van der Waals surface area contributed by atoms with E-state index in [1.54, 1.807) is 18.2 Å². The lowest BCUT2D eigenvalue weighted by atomic mass is 10.1. The van der Waals surface area contributed by atoms with Crippen LogP contribution in [-0.4, -0.2) is 9.97 Å². The number of thiol groups is 1. The molecule has 20 heavy (non-hydrogen) atoms. The maximum Gasteiger partial charge on any atom is 0.258 e. The van der Waals surface area contributed by atoms with Gasteiger partial charge in [-0.2, -0.15) is 12.6 Å². The fourth-order valence-electron chi connectivity index (χ4n) is 2.04. The van der Waals surface area contributed by atoms with Gasteiger partial charge in [0.2, 0.25) is 0 Å². The van der Waals surface area contributed by atoms with Crippen LogP contribution in [0.2, 0.25) is 5.02 Å². The molecule has 5 heteroatoms. The number of para-hydroxylation sites is 1. The zero-order valence-corrected chi connectivity index (χ0v) is 12.0. The summed E-state index contributed by atoms with van der Waals surface area (Å²) in [5.74, 6) is 0.527. The van der Waals surface area contributed by atoms with Gasteiger partial charge in [-0.05, 0) is 29.8 Å². The molecule has 0 amide bonds. The summed E-state index contributed by atoms with van der Waals surface area (Å²) in [6.45, 7) is 0. The highest BCUT2D eigenvalue weighted by atomic mass is 35.5. The fraction of sp³-hybridized carbons (Fsp3) is 0.0667. The van der Waals surface area contributed by atoms with Crippen molar-refractivity contribution in [1.82, 2.24) is 9.97 Å². The van der Waals surface area contributed by atoms with Crippen LogP contribution >= 0.6 is 24.2 Å². The van der Waals surface area contributed by atoms with E-state index in [-0.39, 0.29) is 10.8 Å². The Morgan fingerprint density at radius 3 is 2.55 bits per heavy atom. The molecule has 3 aromatic rings. The van der Waals surface area contributed by atoms with E-state index in [1.807, 2.05) is 30.3 Å². The van der Waals surface area contributed by atoms with Gasteiger partial charge in [-0.25, -0.2) is 4.98 Å². The third-order valence-electron chi connectivity index (χ3n) is 3.08. The molecule has 100 valence electrons. The lowest BCUT2D eigenvalue weighted by molar-refractivity contribution is 0.960. The van der Waals surface area contributed by atoms with Crippen LogP contribution in [0.3, 0.4) is 0 Å². The molecule has 1 unspecified atom stereocenters. The first-order valence-corrected chi connectivity index (χ1v) is 6.97. The van der Waals surface area contributed by atoms with Gasteiger partial charge in [0.15, 0.2) is 0 Å². The number of aromatic amines is 1. The average Bonchev–Trinajstić information content (AvgIpc) is 2.47. The summed E-state index contributed by atoms with van der Waals surface area (Å²) in [6.07, 6.45) is 0. The minimum Gasteiger partial charge on any atom is -0.309 e. The van der Waals surface area contributed by atoms with Crippen LogP contribution in [0, 0.1) is 0 Å². The summed E-state index contributed by atoms with van der Waals surface area (Å²) in [6, 6.07) is 14.6. The number of nitrogens with zero attached hydrogens (tertiary/aromatic N) is 1. The lowest BCUT2D eigenvalue weighted by Gasteiger charge is -2.11. The highest BCUT2D eigenvalue weighted by molar-refractivity contribution is 7.80. The number of nitrogens with one attached hydrogen (secondary N) is 1. The van der Waals surface area contributed by atoms with Crippen molar-refractivity contribution >= 4 is 35.1 Å². The Kier molecular flexibility index (Phi) is 3.51. The summed E-state index contributed by atoms with van der Waals surface area (Å²) in [5, 5.41) is 0.937. The molecule has 3 rings (SSSR count). The number of benzene rings is 2. The highest BCUT2D eigenvalue weighted by Gasteiger charge is 2.13. The van der Waals surface area contributed by atoms with Crippen LogP contribution < -0.4 is 5.56 Å². The molecule has 0 saturated carbocycles. The molecule has 1 atom stereocenters. The van der Waals surface area contributed by atoms with E-state index in [0.717, 1.165) is 5.56 Å². The van der Waals surface area contributed by atoms with Gasteiger partial charge < -0.3 is 4.98 Å². The number of aromatic nitrogens is 2. The van der Waals surface area contributed by atoms with Gasteiger partial charge in [-0.1, -0.05) is 35.9 Å². The predicted octanol–water partition coefficient (Wildman–Crippen LogP) is 3.60. The Hall–Kier alpha value is -1.78. The van der Waals surface area contributed by atoms with Gasteiger partial charge in [0, 0.05) is 5.02 Å². The first-order chi connectivity index (χ1) is 9.65. The normalized spacial score (nSPS) is 12.5. The molecule has 0 aliphatic carbocycles. The predicted molar refractivity (Wildman–Crippen MR) is 84.6 cm³/mol. The number of fused-ring (bicyclic) bond motifs is 1. The molecule has 0 fully saturated rings. The number of hydrogen-bond acceptors (Lipinski definition) is 3. The average molecular weight is 303 g/mol. The lowest BCUT2D eigenvalue weighted by Crippen LogP contribution is -2.13. The quantitative estimate of drug-likeness (QED) is 0.711. The minimum atomic E-state index is -0.301. The zero-order valence-electron chi connectivity index (χ0n) is 10.4. The van der Waals surface area contributed by atoms with Crippen LogP contribution in [0.15, 0.2) is 53.3 Å². The second-order valence-electron chi connectivity index (χ2n) is 4.42. The molecule has 1 N–H and O–H groups in total. The van der Waals surface area contributed by atoms with Gasteiger partial charge >= 0.3 is 0 Å². The van der Waals surface area contributed by atoms with E-state index < -0.39 is 0 Å². The van der Waals surface area contributed by atoms with Crippen LogP contribution in [0.1, 0.15) is 16.6 Å². The van der Waals surface area contributed by atoms with Gasteiger partial charge in [-0.15, -0.1) is 0 Å². The Balaban J connectivity index is 2.10. The Morgan fingerprint density at radius 1 is 1.10 bits per heavy atom. The van der Waals surface area contributed by atoms with Crippen molar-refractivity contribution in [3.05, 3.63) is 75.3 Å². The zero-order chi connectivity index (χ0) is 14.1. The smallest absolute Gasteiger partial charge is 0.258 e. The molecule has 0 radical (unpaired) electrons. The molecule has 2 aromatic carbocycles. The van der Waals surface area contributed by atoms with E-state index in [2.05, 4.69) is 22.6 Å². The number of hydrogen-bond donors (Lipinski definition) is 2. The van der Waals surface area contributed by atoms with Crippen LogP contribution in [0.25, 0.3) is 10.9 Å². The van der Waals surface area contributed by atoms with Gasteiger partial charge in [-0.3, -0.25) is 4.79 Å². The summed E-state index contributed by atoms with van der Waals surface area (Å²) >= 11 is 10.4. The third-order valence-corrected chi connectivity index (χ3v) is 3.87. The van der Waals surface area contributed by atoms with Gasteiger partial charge in [0.25, 0.3) is 5.56 Å². The molecule has 0 spiro atoms. The van der Waals surface area contributed by atoms with Crippen molar-refractivity contribution < 1.29 is 0 Å². The molecule has 0 aliphatic heterocycles. The highest BCUT2D eigenvalue weighted by Crippen LogP contribution is 2.26. The maximum absolute atomic E-state index is 12.0. The maximum atomic E-state index is 12.0. The van der Waals surface area contributed by atoms with Crippen molar-refractivity contribution in [2.45, 2.75) is 5.25 Å². The Morgan fingerprint density at radius 2 is 1.80 bits per heavy atom. The van der Waals surface area contributed by atoms with Crippen LogP contribution in [0.4, 0.5) is 0 Å². The molecule has 0 saturated heterocycles. The van der Waals surface area contributed by atoms with Crippen molar-refractivity contribution in [1.29, 1.82) is 0 Å². The monoisotopic (exact) mass is 302 g/mol.